The first-order valence-corrected chi connectivity index (χ1v) is 11.7. The van der Waals surface area contributed by atoms with Crippen molar-refractivity contribution < 1.29 is 4.79 Å². The minimum atomic E-state index is -0.561. The van der Waals surface area contributed by atoms with Gasteiger partial charge in [0.1, 0.15) is 5.69 Å². The predicted molar refractivity (Wildman–Crippen MR) is 145 cm³/mol. The summed E-state index contributed by atoms with van der Waals surface area (Å²) in [4.78, 5) is 50.6. The van der Waals surface area contributed by atoms with E-state index < -0.39 is 11.5 Å². The van der Waals surface area contributed by atoms with Crippen molar-refractivity contribution in [2.45, 2.75) is 19.9 Å². The van der Waals surface area contributed by atoms with Crippen molar-refractivity contribution in [3.8, 4) is 22.5 Å². The zero-order valence-corrected chi connectivity index (χ0v) is 20.2. The van der Waals surface area contributed by atoms with Gasteiger partial charge >= 0.3 is 6.03 Å². The zero-order valence-electron chi connectivity index (χ0n) is 20.2. The standard InChI is InChI=1S/C28H24N6O3/c1-17(2)34-16-19(13-14-22(34)35)24-23(18-9-5-3-6-10-18)33-27-25(32-24)26(36)21(15-29-27)31-28(37)30-20-11-7-4-8-12-20/h3-17H,1-2H3,(H,29,33,36)(H2,30,31,37). The van der Waals surface area contributed by atoms with Crippen LogP contribution in [0.15, 0.2) is 94.8 Å². The number of carbonyl (C=O) groups is 1. The van der Waals surface area contributed by atoms with E-state index in [0.717, 1.165) is 5.56 Å². The van der Waals surface area contributed by atoms with E-state index in [1.165, 1.54) is 12.3 Å². The maximum absolute atomic E-state index is 13.4. The minimum absolute atomic E-state index is 0.0285. The molecule has 0 aliphatic heterocycles. The van der Waals surface area contributed by atoms with Gasteiger partial charge in [0.25, 0.3) is 5.56 Å². The molecule has 3 heterocycles. The molecule has 3 aromatic heterocycles. The Balaban J connectivity index is 1.63. The molecule has 5 aromatic rings. The molecule has 9 heteroatoms. The molecule has 0 aliphatic rings. The first-order chi connectivity index (χ1) is 17.9. The van der Waals surface area contributed by atoms with E-state index in [9.17, 15) is 14.4 Å². The van der Waals surface area contributed by atoms with Crippen LogP contribution in [0.3, 0.4) is 0 Å². The van der Waals surface area contributed by atoms with Crippen LogP contribution in [0.25, 0.3) is 33.7 Å². The number of nitrogens with zero attached hydrogens (tertiary/aromatic N) is 3. The molecule has 37 heavy (non-hydrogen) atoms. The van der Waals surface area contributed by atoms with Crippen LogP contribution in [0.5, 0.6) is 0 Å². The van der Waals surface area contributed by atoms with Gasteiger partial charge in [-0.15, -0.1) is 0 Å². The predicted octanol–water partition coefficient (Wildman–Crippen LogP) is 5.04. The van der Waals surface area contributed by atoms with Crippen molar-refractivity contribution in [2.75, 3.05) is 10.6 Å². The summed E-state index contributed by atoms with van der Waals surface area (Å²) in [6.07, 6.45) is 3.12. The number of nitrogens with one attached hydrogen (secondary N) is 3. The van der Waals surface area contributed by atoms with Gasteiger partial charge in [0.05, 0.1) is 11.4 Å². The largest absolute Gasteiger partial charge is 0.343 e. The molecule has 9 nitrogen and oxygen atoms in total. The average molecular weight is 493 g/mol. The van der Waals surface area contributed by atoms with Crippen LogP contribution >= 0.6 is 0 Å². The third kappa shape index (κ3) is 4.87. The Morgan fingerprint density at radius 1 is 0.838 bits per heavy atom. The highest BCUT2D eigenvalue weighted by Crippen LogP contribution is 2.30. The van der Waals surface area contributed by atoms with Gasteiger partial charge in [-0.2, -0.15) is 0 Å². The van der Waals surface area contributed by atoms with Crippen LogP contribution in [0, 0.1) is 0 Å². The molecule has 0 aliphatic carbocycles. The molecule has 3 N–H and O–H groups in total. The lowest BCUT2D eigenvalue weighted by Gasteiger charge is -2.14. The van der Waals surface area contributed by atoms with E-state index >= 15 is 0 Å². The highest BCUT2D eigenvalue weighted by Gasteiger charge is 2.18. The Kier molecular flexibility index (Phi) is 6.34. The van der Waals surface area contributed by atoms with E-state index in [-0.39, 0.29) is 28.5 Å². The quantitative estimate of drug-likeness (QED) is 0.317. The number of rotatable bonds is 5. The number of aromatic amines is 1. The number of anilines is 2. The summed E-state index contributed by atoms with van der Waals surface area (Å²) >= 11 is 0. The summed E-state index contributed by atoms with van der Waals surface area (Å²) in [6, 6.07) is 20.9. The third-order valence-electron chi connectivity index (χ3n) is 5.80. The number of H-pyrrole nitrogens is 1. The molecule has 2 aromatic carbocycles. The Morgan fingerprint density at radius 2 is 1.51 bits per heavy atom. The molecule has 0 spiro atoms. The highest BCUT2D eigenvalue weighted by molar-refractivity contribution is 6.00. The van der Waals surface area contributed by atoms with Crippen molar-refractivity contribution >= 4 is 28.6 Å². The SMILES string of the molecule is CC(C)n1cc(-c2nc3c(=O)c(NC(=O)Nc4ccccc4)c[nH]c3nc2-c2ccccc2)ccc1=O. The number of aromatic nitrogens is 4. The third-order valence-corrected chi connectivity index (χ3v) is 5.80. The Bertz CT molecular complexity index is 1710. The van der Waals surface area contributed by atoms with Crippen molar-refractivity contribution in [1.82, 2.24) is 19.5 Å². The number of pyridine rings is 2. The van der Waals surface area contributed by atoms with Crippen molar-refractivity contribution in [1.29, 1.82) is 0 Å². The van der Waals surface area contributed by atoms with E-state index in [4.69, 9.17) is 9.97 Å². The van der Waals surface area contributed by atoms with Crippen LogP contribution in [-0.4, -0.2) is 25.6 Å². The molecule has 0 saturated carbocycles. The molecular formula is C28H24N6O3. The first kappa shape index (κ1) is 23.7. The molecule has 0 saturated heterocycles. The minimum Gasteiger partial charge on any atom is -0.343 e. The molecule has 0 atom stereocenters. The number of hydrogen-bond donors (Lipinski definition) is 3. The smallest absolute Gasteiger partial charge is 0.323 e. The second kappa shape index (κ2) is 9.90. The monoisotopic (exact) mass is 492 g/mol. The van der Waals surface area contributed by atoms with Gasteiger partial charge in [0.15, 0.2) is 11.2 Å². The van der Waals surface area contributed by atoms with Crippen LogP contribution in [0.2, 0.25) is 0 Å². The van der Waals surface area contributed by atoms with Crippen LogP contribution < -0.4 is 21.6 Å². The summed E-state index contributed by atoms with van der Waals surface area (Å²) in [6.45, 7) is 3.83. The van der Waals surface area contributed by atoms with Gasteiger partial charge in [-0.1, -0.05) is 48.5 Å². The molecule has 5 rings (SSSR count). The maximum Gasteiger partial charge on any atom is 0.323 e. The number of para-hydroxylation sites is 1. The molecule has 184 valence electrons. The van der Waals surface area contributed by atoms with E-state index in [1.807, 2.05) is 50.2 Å². The molecule has 2 amide bonds. The number of amides is 2. The summed E-state index contributed by atoms with van der Waals surface area (Å²) in [5.74, 6) is 0. The Labute approximate surface area is 211 Å². The average Bonchev–Trinajstić information content (AvgIpc) is 2.91. The van der Waals surface area contributed by atoms with Gasteiger partial charge in [0.2, 0.25) is 5.43 Å². The zero-order chi connectivity index (χ0) is 25.9. The fourth-order valence-electron chi connectivity index (χ4n) is 3.97. The van der Waals surface area contributed by atoms with Crippen LogP contribution in [-0.2, 0) is 0 Å². The van der Waals surface area contributed by atoms with Gasteiger partial charge in [-0.25, -0.2) is 14.8 Å². The number of carbonyl (C=O) groups excluding carboxylic acids is 1. The molecule has 0 bridgehead atoms. The molecule has 0 radical (unpaired) electrons. The number of fused-ring (bicyclic) bond motifs is 1. The topological polar surface area (TPSA) is 122 Å². The fourth-order valence-corrected chi connectivity index (χ4v) is 3.97. The van der Waals surface area contributed by atoms with Crippen LogP contribution in [0.4, 0.5) is 16.2 Å². The molecule has 0 fully saturated rings. The van der Waals surface area contributed by atoms with Gasteiger partial charge in [-0.3, -0.25) is 9.59 Å². The number of urea groups is 1. The Morgan fingerprint density at radius 3 is 2.22 bits per heavy atom. The van der Waals surface area contributed by atoms with Crippen LogP contribution in [0.1, 0.15) is 19.9 Å². The summed E-state index contributed by atoms with van der Waals surface area (Å²) in [7, 11) is 0. The van der Waals surface area contributed by atoms with Gasteiger partial charge in [-0.05, 0) is 32.0 Å². The van der Waals surface area contributed by atoms with E-state index in [0.29, 0.717) is 22.6 Å². The van der Waals surface area contributed by atoms with E-state index in [2.05, 4.69) is 15.6 Å². The Hall–Kier alpha value is -5.05. The molecular weight excluding hydrogens is 468 g/mol. The van der Waals surface area contributed by atoms with Crippen molar-refractivity contribution in [3.05, 3.63) is 106 Å². The van der Waals surface area contributed by atoms with Crippen molar-refractivity contribution in [2.24, 2.45) is 0 Å². The first-order valence-electron chi connectivity index (χ1n) is 11.7. The second-order valence-corrected chi connectivity index (χ2v) is 8.72. The highest BCUT2D eigenvalue weighted by atomic mass is 16.2. The summed E-state index contributed by atoms with van der Waals surface area (Å²) in [5.41, 5.74) is 2.79. The van der Waals surface area contributed by atoms with Crippen molar-refractivity contribution in [3.63, 3.8) is 0 Å². The fraction of sp³-hybridized carbons (Fsp3) is 0.107. The summed E-state index contributed by atoms with van der Waals surface area (Å²) < 4.78 is 1.60. The lowest BCUT2D eigenvalue weighted by molar-refractivity contribution is 0.262. The lowest BCUT2D eigenvalue weighted by atomic mass is 10.0. The maximum atomic E-state index is 13.4. The lowest BCUT2D eigenvalue weighted by Crippen LogP contribution is -2.24. The van der Waals surface area contributed by atoms with Gasteiger partial charge < -0.3 is 20.2 Å². The summed E-state index contributed by atoms with van der Waals surface area (Å²) in [5, 5.41) is 5.27. The second-order valence-electron chi connectivity index (χ2n) is 8.72. The number of benzene rings is 2. The molecule has 0 unspecified atom stereocenters. The number of hydrogen-bond acceptors (Lipinski definition) is 5. The normalized spacial score (nSPS) is 11.0. The van der Waals surface area contributed by atoms with E-state index in [1.54, 1.807) is 41.1 Å². The van der Waals surface area contributed by atoms with Gasteiger partial charge in [0, 0.05) is 41.3 Å².